The first-order chi connectivity index (χ1) is 11.2. The first-order valence-electron chi connectivity index (χ1n) is 8.09. The Labute approximate surface area is 136 Å². The summed E-state index contributed by atoms with van der Waals surface area (Å²) in [5, 5.41) is 4.05. The van der Waals surface area contributed by atoms with E-state index in [-0.39, 0.29) is 11.9 Å². The molecule has 1 aromatic carbocycles. The molecule has 1 saturated heterocycles. The summed E-state index contributed by atoms with van der Waals surface area (Å²) in [6, 6.07) is 9.64. The Kier molecular flexibility index (Phi) is 4.65. The zero-order chi connectivity index (χ0) is 16.2. The monoisotopic (exact) mass is 314 g/mol. The number of benzene rings is 1. The number of hydrogen-bond donors (Lipinski definition) is 0. The Morgan fingerprint density at radius 1 is 1.43 bits per heavy atom. The van der Waals surface area contributed by atoms with Gasteiger partial charge in [-0.05, 0) is 37.0 Å². The molecular weight excluding hydrogens is 292 g/mol. The summed E-state index contributed by atoms with van der Waals surface area (Å²) >= 11 is 0. The van der Waals surface area contributed by atoms with Gasteiger partial charge in [-0.2, -0.15) is 0 Å². The van der Waals surface area contributed by atoms with Crippen LogP contribution in [-0.4, -0.2) is 29.6 Å². The lowest BCUT2D eigenvalue weighted by molar-refractivity contribution is -0.131. The number of methoxy groups -OCH3 is 1. The Morgan fingerprint density at radius 2 is 2.30 bits per heavy atom. The Balaban J connectivity index is 1.72. The van der Waals surface area contributed by atoms with Crippen molar-refractivity contribution in [3.05, 3.63) is 47.3 Å². The molecule has 0 unspecified atom stereocenters. The molecule has 5 nitrogen and oxygen atoms in total. The van der Waals surface area contributed by atoms with Gasteiger partial charge >= 0.3 is 0 Å². The number of hydrogen-bond acceptors (Lipinski definition) is 4. The number of amides is 1. The Morgan fingerprint density at radius 3 is 3.04 bits per heavy atom. The van der Waals surface area contributed by atoms with Crippen LogP contribution in [0.1, 0.15) is 42.8 Å². The third kappa shape index (κ3) is 3.38. The van der Waals surface area contributed by atoms with Crippen molar-refractivity contribution in [2.24, 2.45) is 0 Å². The van der Waals surface area contributed by atoms with Gasteiger partial charge < -0.3 is 14.2 Å². The molecule has 0 bridgehead atoms. The quantitative estimate of drug-likeness (QED) is 0.850. The van der Waals surface area contributed by atoms with Crippen molar-refractivity contribution in [1.82, 2.24) is 10.1 Å². The SMILES string of the molecule is CCc1cc([C@@H]2CCCN2C(=O)Cc2cccc(OC)c2)on1. The molecule has 1 amide bonds. The predicted octanol–water partition coefficient (Wildman–Crippen LogP) is 3.15. The molecule has 1 aliphatic heterocycles. The second kappa shape index (κ2) is 6.86. The number of rotatable bonds is 5. The molecule has 2 heterocycles. The van der Waals surface area contributed by atoms with Gasteiger partial charge in [-0.25, -0.2) is 0 Å². The smallest absolute Gasteiger partial charge is 0.227 e. The highest BCUT2D eigenvalue weighted by atomic mass is 16.5. The highest BCUT2D eigenvalue weighted by Crippen LogP contribution is 2.33. The number of carbonyl (C=O) groups is 1. The number of carbonyl (C=O) groups excluding carboxylic acids is 1. The molecule has 0 radical (unpaired) electrons. The van der Waals surface area contributed by atoms with E-state index in [1.165, 1.54) is 0 Å². The summed E-state index contributed by atoms with van der Waals surface area (Å²) in [6.45, 7) is 2.82. The van der Waals surface area contributed by atoms with E-state index in [9.17, 15) is 4.79 Å². The van der Waals surface area contributed by atoms with E-state index in [0.717, 1.165) is 48.6 Å². The molecule has 0 aliphatic carbocycles. The van der Waals surface area contributed by atoms with Crippen molar-refractivity contribution in [2.45, 2.75) is 38.6 Å². The second-order valence-electron chi connectivity index (χ2n) is 5.85. The van der Waals surface area contributed by atoms with Crippen LogP contribution in [0.25, 0.3) is 0 Å². The first kappa shape index (κ1) is 15.6. The van der Waals surface area contributed by atoms with Gasteiger partial charge in [0.1, 0.15) is 5.75 Å². The minimum atomic E-state index is 0.0147. The zero-order valence-electron chi connectivity index (χ0n) is 13.6. The largest absolute Gasteiger partial charge is 0.497 e. The molecule has 0 spiro atoms. The Hall–Kier alpha value is -2.30. The van der Waals surface area contributed by atoms with Gasteiger partial charge in [-0.3, -0.25) is 4.79 Å². The van der Waals surface area contributed by atoms with E-state index >= 15 is 0 Å². The minimum Gasteiger partial charge on any atom is -0.497 e. The highest BCUT2D eigenvalue weighted by Gasteiger charge is 2.32. The maximum absolute atomic E-state index is 12.7. The van der Waals surface area contributed by atoms with Gasteiger partial charge in [-0.1, -0.05) is 24.2 Å². The van der Waals surface area contributed by atoms with Gasteiger partial charge in [0.15, 0.2) is 5.76 Å². The molecule has 1 aliphatic rings. The van der Waals surface area contributed by atoms with E-state index in [4.69, 9.17) is 9.26 Å². The van der Waals surface area contributed by atoms with E-state index in [2.05, 4.69) is 5.16 Å². The number of aromatic nitrogens is 1. The molecule has 0 N–H and O–H groups in total. The summed E-state index contributed by atoms with van der Waals surface area (Å²) in [7, 11) is 1.63. The van der Waals surface area contributed by atoms with Crippen LogP contribution in [0.5, 0.6) is 5.75 Å². The molecule has 0 saturated carbocycles. The number of aryl methyl sites for hydroxylation is 1. The van der Waals surface area contributed by atoms with Crippen molar-refractivity contribution >= 4 is 5.91 Å². The Bertz CT molecular complexity index is 680. The molecule has 1 aromatic heterocycles. The average Bonchev–Trinajstić information content (AvgIpc) is 3.23. The number of likely N-dealkylation sites (tertiary alicyclic amines) is 1. The van der Waals surface area contributed by atoms with Crippen molar-refractivity contribution in [3.63, 3.8) is 0 Å². The van der Waals surface area contributed by atoms with Gasteiger partial charge in [0, 0.05) is 12.6 Å². The normalized spacial score (nSPS) is 17.5. The number of ether oxygens (including phenoxy) is 1. The maximum atomic E-state index is 12.7. The van der Waals surface area contributed by atoms with E-state index in [1.807, 2.05) is 42.2 Å². The first-order valence-corrected chi connectivity index (χ1v) is 8.09. The van der Waals surface area contributed by atoms with Gasteiger partial charge in [0.2, 0.25) is 5.91 Å². The number of nitrogens with zero attached hydrogens (tertiary/aromatic N) is 2. The van der Waals surface area contributed by atoms with Crippen LogP contribution in [0.15, 0.2) is 34.9 Å². The fourth-order valence-electron chi connectivity index (χ4n) is 3.07. The third-order valence-electron chi connectivity index (χ3n) is 4.33. The van der Waals surface area contributed by atoms with Crippen LogP contribution in [0.3, 0.4) is 0 Å². The lowest BCUT2D eigenvalue weighted by atomic mass is 10.1. The van der Waals surface area contributed by atoms with Crippen LogP contribution in [0.4, 0.5) is 0 Å². The third-order valence-corrected chi connectivity index (χ3v) is 4.33. The minimum absolute atomic E-state index is 0.0147. The lowest BCUT2D eigenvalue weighted by Crippen LogP contribution is -2.31. The van der Waals surface area contributed by atoms with Crippen LogP contribution >= 0.6 is 0 Å². The van der Waals surface area contributed by atoms with Crippen LogP contribution in [0, 0.1) is 0 Å². The van der Waals surface area contributed by atoms with Crippen LogP contribution in [-0.2, 0) is 17.6 Å². The fraction of sp³-hybridized carbons (Fsp3) is 0.444. The van der Waals surface area contributed by atoms with Gasteiger partial charge in [0.25, 0.3) is 0 Å². The molecule has 122 valence electrons. The summed E-state index contributed by atoms with van der Waals surface area (Å²) in [5.41, 5.74) is 1.90. The highest BCUT2D eigenvalue weighted by molar-refractivity contribution is 5.79. The molecule has 23 heavy (non-hydrogen) atoms. The van der Waals surface area contributed by atoms with Gasteiger partial charge in [0.05, 0.1) is 25.3 Å². The summed E-state index contributed by atoms with van der Waals surface area (Å²) in [6.07, 6.45) is 3.15. The van der Waals surface area contributed by atoms with Crippen molar-refractivity contribution in [2.75, 3.05) is 13.7 Å². The molecular formula is C18H22N2O3. The molecule has 3 rings (SSSR count). The van der Waals surface area contributed by atoms with Crippen molar-refractivity contribution in [1.29, 1.82) is 0 Å². The topological polar surface area (TPSA) is 55.6 Å². The van der Waals surface area contributed by atoms with Crippen LogP contribution < -0.4 is 4.74 Å². The van der Waals surface area contributed by atoms with Crippen molar-refractivity contribution < 1.29 is 14.1 Å². The molecule has 5 heteroatoms. The van der Waals surface area contributed by atoms with E-state index in [0.29, 0.717) is 6.42 Å². The summed E-state index contributed by atoms with van der Waals surface area (Å²) in [4.78, 5) is 14.6. The lowest BCUT2D eigenvalue weighted by Gasteiger charge is -2.22. The summed E-state index contributed by atoms with van der Waals surface area (Å²) in [5.74, 6) is 1.70. The van der Waals surface area contributed by atoms with Crippen molar-refractivity contribution in [3.8, 4) is 5.75 Å². The van der Waals surface area contributed by atoms with E-state index in [1.54, 1.807) is 7.11 Å². The molecule has 1 fully saturated rings. The zero-order valence-corrected chi connectivity index (χ0v) is 13.6. The van der Waals surface area contributed by atoms with E-state index < -0.39 is 0 Å². The van der Waals surface area contributed by atoms with Gasteiger partial charge in [-0.15, -0.1) is 0 Å². The molecule has 1 atom stereocenters. The standard InChI is InChI=1S/C18H22N2O3/c1-3-14-12-17(23-19-14)16-8-5-9-20(16)18(21)11-13-6-4-7-15(10-13)22-2/h4,6-7,10,12,16H,3,5,8-9,11H2,1-2H3/t16-/m0/s1. The second-order valence-corrected chi connectivity index (χ2v) is 5.85. The average molecular weight is 314 g/mol. The van der Waals surface area contributed by atoms with Crippen LogP contribution in [0.2, 0.25) is 0 Å². The predicted molar refractivity (Wildman–Crippen MR) is 86.3 cm³/mol. The maximum Gasteiger partial charge on any atom is 0.227 e. The molecule has 2 aromatic rings. The fourth-order valence-corrected chi connectivity index (χ4v) is 3.07. The summed E-state index contributed by atoms with van der Waals surface area (Å²) < 4.78 is 10.7.